The SMILES string of the molecule is CCc1ccc(C(Br)c2ccc(Cl)cc2Cl)cc1CC. The molecule has 0 saturated carbocycles. The molecule has 0 aliphatic heterocycles. The number of halogens is 3. The summed E-state index contributed by atoms with van der Waals surface area (Å²) in [5, 5.41) is 1.35. The highest BCUT2D eigenvalue weighted by Crippen LogP contribution is 2.37. The van der Waals surface area contributed by atoms with Crippen molar-refractivity contribution in [3.63, 3.8) is 0 Å². The smallest absolute Gasteiger partial charge is 0.0659 e. The first kappa shape index (κ1) is 15.9. The van der Waals surface area contributed by atoms with Gasteiger partial charge >= 0.3 is 0 Å². The second kappa shape index (κ2) is 6.98. The largest absolute Gasteiger partial charge is 0.0843 e. The Bertz CT molecular complexity index is 608. The Morgan fingerprint density at radius 1 is 0.950 bits per heavy atom. The molecule has 106 valence electrons. The van der Waals surface area contributed by atoms with Crippen LogP contribution < -0.4 is 0 Å². The first-order valence-corrected chi connectivity index (χ1v) is 8.44. The van der Waals surface area contributed by atoms with Gasteiger partial charge in [-0.3, -0.25) is 0 Å². The fourth-order valence-corrected chi connectivity index (χ4v) is 3.70. The van der Waals surface area contributed by atoms with Gasteiger partial charge in [0.1, 0.15) is 0 Å². The summed E-state index contributed by atoms with van der Waals surface area (Å²) >= 11 is 16.0. The van der Waals surface area contributed by atoms with Crippen LogP contribution in [0.3, 0.4) is 0 Å². The summed E-state index contributed by atoms with van der Waals surface area (Å²) in [7, 11) is 0. The monoisotopic (exact) mass is 370 g/mol. The van der Waals surface area contributed by atoms with Crippen molar-refractivity contribution >= 4 is 39.1 Å². The Hall–Kier alpha value is -0.500. The number of hydrogen-bond acceptors (Lipinski definition) is 0. The second-order valence-corrected chi connectivity index (χ2v) is 6.52. The fraction of sp³-hybridized carbons (Fsp3) is 0.294. The molecule has 0 aliphatic rings. The summed E-state index contributed by atoms with van der Waals surface area (Å²) in [6.45, 7) is 4.38. The number of alkyl halides is 1. The molecule has 0 saturated heterocycles. The highest BCUT2D eigenvalue weighted by molar-refractivity contribution is 9.09. The van der Waals surface area contributed by atoms with E-state index in [1.807, 2.05) is 12.1 Å². The van der Waals surface area contributed by atoms with Gasteiger partial charge in [0.05, 0.1) is 4.83 Å². The molecule has 0 nitrogen and oxygen atoms in total. The van der Waals surface area contributed by atoms with E-state index in [2.05, 4.69) is 48.0 Å². The molecule has 2 rings (SSSR count). The van der Waals surface area contributed by atoms with Crippen molar-refractivity contribution in [3.05, 3.63) is 68.7 Å². The molecule has 20 heavy (non-hydrogen) atoms. The van der Waals surface area contributed by atoms with Crippen LogP contribution in [0, 0.1) is 0 Å². The first-order valence-electron chi connectivity index (χ1n) is 6.77. The molecular formula is C17H17BrCl2. The predicted octanol–water partition coefficient (Wildman–Crippen LogP) is 6.60. The Kier molecular flexibility index (Phi) is 5.54. The molecule has 0 aliphatic carbocycles. The molecule has 0 bridgehead atoms. The van der Waals surface area contributed by atoms with Crippen molar-refractivity contribution in [2.75, 3.05) is 0 Å². The average Bonchev–Trinajstić information content (AvgIpc) is 2.45. The molecule has 0 aromatic heterocycles. The van der Waals surface area contributed by atoms with Crippen LogP contribution in [0.4, 0.5) is 0 Å². The summed E-state index contributed by atoms with van der Waals surface area (Å²) in [5.74, 6) is 0. The summed E-state index contributed by atoms with van der Waals surface area (Å²) < 4.78 is 0. The van der Waals surface area contributed by atoms with Gasteiger partial charge in [0.2, 0.25) is 0 Å². The lowest BCUT2D eigenvalue weighted by molar-refractivity contribution is 1.02. The Morgan fingerprint density at radius 3 is 2.25 bits per heavy atom. The maximum atomic E-state index is 6.29. The Balaban J connectivity index is 2.40. The van der Waals surface area contributed by atoms with E-state index in [1.54, 1.807) is 6.07 Å². The van der Waals surface area contributed by atoms with Gasteiger partial charge in [-0.1, -0.05) is 77.2 Å². The van der Waals surface area contributed by atoms with E-state index in [1.165, 1.54) is 16.7 Å². The highest BCUT2D eigenvalue weighted by Gasteiger charge is 2.15. The zero-order valence-electron chi connectivity index (χ0n) is 11.6. The first-order chi connectivity index (χ1) is 9.56. The Morgan fingerprint density at radius 2 is 1.65 bits per heavy atom. The summed E-state index contributed by atoms with van der Waals surface area (Å²) in [4.78, 5) is 0.0865. The summed E-state index contributed by atoms with van der Waals surface area (Å²) in [6, 6.07) is 12.3. The van der Waals surface area contributed by atoms with Crippen molar-refractivity contribution in [2.45, 2.75) is 31.5 Å². The number of aryl methyl sites for hydroxylation is 2. The standard InChI is InChI=1S/C17H17BrCl2/c1-3-11-5-6-13(9-12(11)4-2)17(18)15-8-7-14(19)10-16(15)20/h5-10,17H,3-4H2,1-2H3. The minimum Gasteiger partial charge on any atom is -0.0843 e. The van der Waals surface area contributed by atoms with Crippen LogP contribution in [-0.4, -0.2) is 0 Å². The van der Waals surface area contributed by atoms with Gasteiger partial charge in [0, 0.05) is 10.0 Å². The van der Waals surface area contributed by atoms with E-state index in [4.69, 9.17) is 23.2 Å². The van der Waals surface area contributed by atoms with Crippen molar-refractivity contribution in [2.24, 2.45) is 0 Å². The van der Waals surface area contributed by atoms with Crippen LogP contribution >= 0.6 is 39.1 Å². The molecule has 2 aromatic carbocycles. The minimum absolute atomic E-state index is 0.0865. The van der Waals surface area contributed by atoms with E-state index in [0.717, 1.165) is 18.4 Å². The third-order valence-corrected chi connectivity index (χ3v) is 5.10. The summed E-state index contributed by atoms with van der Waals surface area (Å²) in [5.41, 5.74) is 5.09. The topological polar surface area (TPSA) is 0 Å². The lowest BCUT2D eigenvalue weighted by Crippen LogP contribution is -1.98. The van der Waals surface area contributed by atoms with E-state index in [0.29, 0.717) is 10.0 Å². The quantitative estimate of drug-likeness (QED) is 0.531. The number of hydrogen-bond donors (Lipinski definition) is 0. The van der Waals surface area contributed by atoms with Gasteiger partial charge in [-0.05, 0) is 47.2 Å². The number of rotatable bonds is 4. The van der Waals surface area contributed by atoms with Crippen molar-refractivity contribution in [1.82, 2.24) is 0 Å². The molecule has 0 radical (unpaired) electrons. The lowest BCUT2D eigenvalue weighted by atomic mass is 9.96. The second-order valence-electron chi connectivity index (χ2n) is 4.76. The van der Waals surface area contributed by atoms with Crippen LogP contribution in [0.1, 0.15) is 40.9 Å². The summed E-state index contributed by atoms with van der Waals surface area (Å²) in [6.07, 6.45) is 2.11. The fourth-order valence-electron chi connectivity index (χ4n) is 2.36. The zero-order valence-corrected chi connectivity index (χ0v) is 14.7. The molecule has 0 spiro atoms. The maximum absolute atomic E-state index is 6.29. The van der Waals surface area contributed by atoms with Crippen LogP contribution in [0.2, 0.25) is 10.0 Å². The molecule has 0 heterocycles. The van der Waals surface area contributed by atoms with E-state index in [-0.39, 0.29) is 4.83 Å². The molecule has 3 heteroatoms. The van der Waals surface area contributed by atoms with Crippen LogP contribution in [-0.2, 0) is 12.8 Å². The van der Waals surface area contributed by atoms with Gasteiger partial charge in [-0.2, -0.15) is 0 Å². The molecule has 0 amide bonds. The van der Waals surface area contributed by atoms with Gasteiger partial charge in [0.15, 0.2) is 0 Å². The zero-order chi connectivity index (χ0) is 14.7. The van der Waals surface area contributed by atoms with E-state index >= 15 is 0 Å². The Labute approximate surface area is 139 Å². The van der Waals surface area contributed by atoms with Crippen LogP contribution in [0.15, 0.2) is 36.4 Å². The molecule has 2 aromatic rings. The molecule has 1 atom stereocenters. The van der Waals surface area contributed by atoms with E-state index < -0.39 is 0 Å². The maximum Gasteiger partial charge on any atom is 0.0659 e. The van der Waals surface area contributed by atoms with E-state index in [9.17, 15) is 0 Å². The van der Waals surface area contributed by atoms with Crippen molar-refractivity contribution in [1.29, 1.82) is 0 Å². The molecular weight excluding hydrogens is 355 g/mol. The van der Waals surface area contributed by atoms with Crippen molar-refractivity contribution in [3.8, 4) is 0 Å². The van der Waals surface area contributed by atoms with Gasteiger partial charge in [-0.15, -0.1) is 0 Å². The predicted molar refractivity (Wildman–Crippen MR) is 92.4 cm³/mol. The average molecular weight is 372 g/mol. The normalized spacial score (nSPS) is 12.4. The van der Waals surface area contributed by atoms with Crippen LogP contribution in [0.5, 0.6) is 0 Å². The molecule has 1 unspecified atom stereocenters. The molecule has 0 N–H and O–H groups in total. The molecule has 0 fully saturated rings. The van der Waals surface area contributed by atoms with Gasteiger partial charge in [-0.25, -0.2) is 0 Å². The third kappa shape index (κ3) is 3.39. The van der Waals surface area contributed by atoms with Crippen molar-refractivity contribution < 1.29 is 0 Å². The van der Waals surface area contributed by atoms with Crippen LogP contribution in [0.25, 0.3) is 0 Å². The lowest BCUT2D eigenvalue weighted by Gasteiger charge is -2.15. The van der Waals surface area contributed by atoms with Gasteiger partial charge < -0.3 is 0 Å². The van der Waals surface area contributed by atoms with Gasteiger partial charge in [0.25, 0.3) is 0 Å². The number of benzene rings is 2. The minimum atomic E-state index is 0.0865. The highest BCUT2D eigenvalue weighted by atomic mass is 79.9. The third-order valence-electron chi connectivity index (χ3n) is 3.52.